The van der Waals surface area contributed by atoms with Crippen LogP contribution in [0.15, 0.2) is 103 Å². The van der Waals surface area contributed by atoms with Crippen molar-refractivity contribution in [1.29, 1.82) is 0 Å². The molecule has 7 nitrogen and oxygen atoms in total. The highest BCUT2D eigenvalue weighted by Crippen LogP contribution is 2.33. The van der Waals surface area contributed by atoms with E-state index in [-0.39, 0.29) is 32.5 Å². The fourth-order valence-corrected chi connectivity index (χ4v) is 4.61. The zero-order valence-corrected chi connectivity index (χ0v) is 24.2. The van der Waals surface area contributed by atoms with Gasteiger partial charge in [-0.25, -0.2) is 4.79 Å². The van der Waals surface area contributed by atoms with Crippen molar-refractivity contribution in [2.45, 2.75) is 38.5 Å². The monoisotopic (exact) mass is 604 g/mol. The first-order chi connectivity index (χ1) is 20.4. The maximum atomic E-state index is 13.2. The molecular formula is C33H30Cl2N2O5. The number of esters is 2. The molecule has 0 aromatic heterocycles. The van der Waals surface area contributed by atoms with Crippen molar-refractivity contribution < 1.29 is 23.9 Å². The van der Waals surface area contributed by atoms with Crippen LogP contribution in [0.3, 0.4) is 0 Å². The number of hydrogen-bond donors (Lipinski definition) is 2. The second-order valence-corrected chi connectivity index (χ2v) is 10.3. The summed E-state index contributed by atoms with van der Waals surface area (Å²) < 4.78 is 10.8. The minimum atomic E-state index is -1.05. The first-order valence-corrected chi connectivity index (χ1v) is 14.1. The summed E-state index contributed by atoms with van der Waals surface area (Å²) in [5.41, 5.74) is 3.46. The van der Waals surface area contributed by atoms with Crippen LogP contribution in [0, 0.1) is 0 Å². The highest BCUT2D eigenvalue weighted by Gasteiger charge is 2.24. The number of carbonyl (C=O) groups is 3. The first-order valence-electron chi connectivity index (χ1n) is 13.4. The SMILES string of the molecule is O=C(Cc1ccccc1Nc1c(Cl)cccc1Cl)N[C@@H](CCC(=O)OCc1ccccc1)C(=O)OCc1ccccc1. The molecule has 4 rings (SSSR count). The van der Waals surface area contributed by atoms with Gasteiger partial charge in [0.05, 0.1) is 22.2 Å². The summed E-state index contributed by atoms with van der Waals surface area (Å²) in [6.07, 6.45) is -0.115. The minimum Gasteiger partial charge on any atom is -0.461 e. The van der Waals surface area contributed by atoms with Gasteiger partial charge in [0.1, 0.15) is 19.3 Å². The Morgan fingerprint density at radius 2 is 1.26 bits per heavy atom. The van der Waals surface area contributed by atoms with Gasteiger partial charge in [0, 0.05) is 12.1 Å². The van der Waals surface area contributed by atoms with Crippen LogP contribution < -0.4 is 10.6 Å². The van der Waals surface area contributed by atoms with E-state index in [1.807, 2.05) is 66.7 Å². The zero-order valence-electron chi connectivity index (χ0n) is 22.7. The summed E-state index contributed by atoms with van der Waals surface area (Å²) >= 11 is 12.6. The Morgan fingerprint density at radius 1 is 0.690 bits per heavy atom. The van der Waals surface area contributed by atoms with Crippen molar-refractivity contribution in [2.24, 2.45) is 0 Å². The summed E-state index contributed by atoms with van der Waals surface area (Å²) in [6.45, 7) is 0.157. The average molecular weight is 606 g/mol. The topological polar surface area (TPSA) is 93.7 Å². The average Bonchev–Trinajstić information content (AvgIpc) is 3.00. The predicted molar refractivity (Wildman–Crippen MR) is 164 cm³/mol. The Bertz CT molecular complexity index is 1480. The molecule has 4 aromatic rings. The highest BCUT2D eigenvalue weighted by atomic mass is 35.5. The molecule has 0 aliphatic carbocycles. The Kier molecular flexibility index (Phi) is 11.4. The van der Waals surface area contributed by atoms with Crippen molar-refractivity contribution in [3.8, 4) is 0 Å². The van der Waals surface area contributed by atoms with Crippen molar-refractivity contribution >= 4 is 52.4 Å². The van der Waals surface area contributed by atoms with Crippen LogP contribution in [0.2, 0.25) is 10.0 Å². The second-order valence-electron chi connectivity index (χ2n) is 9.45. The van der Waals surface area contributed by atoms with Crippen molar-refractivity contribution in [2.75, 3.05) is 5.32 Å². The lowest BCUT2D eigenvalue weighted by Gasteiger charge is -2.19. The van der Waals surface area contributed by atoms with Crippen molar-refractivity contribution in [3.63, 3.8) is 0 Å². The number of hydrogen-bond acceptors (Lipinski definition) is 6. The largest absolute Gasteiger partial charge is 0.461 e. The smallest absolute Gasteiger partial charge is 0.328 e. The van der Waals surface area contributed by atoms with E-state index in [9.17, 15) is 14.4 Å². The molecule has 0 aliphatic heterocycles. The van der Waals surface area contributed by atoms with Gasteiger partial charge >= 0.3 is 11.9 Å². The van der Waals surface area contributed by atoms with Gasteiger partial charge in [0.25, 0.3) is 0 Å². The Labute approximate surface area is 254 Å². The molecule has 0 spiro atoms. The molecule has 0 radical (unpaired) electrons. The molecule has 2 N–H and O–H groups in total. The number of benzene rings is 4. The van der Waals surface area contributed by atoms with Crippen LogP contribution in [0.1, 0.15) is 29.5 Å². The lowest BCUT2D eigenvalue weighted by molar-refractivity contribution is -0.150. The second kappa shape index (κ2) is 15.6. The third kappa shape index (κ3) is 9.36. The molecule has 0 bridgehead atoms. The van der Waals surface area contributed by atoms with E-state index >= 15 is 0 Å². The lowest BCUT2D eigenvalue weighted by Crippen LogP contribution is -2.43. The van der Waals surface area contributed by atoms with Crippen LogP contribution in [-0.2, 0) is 43.5 Å². The van der Waals surface area contributed by atoms with Gasteiger partial charge < -0.3 is 20.1 Å². The molecular weight excluding hydrogens is 575 g/mol. The summed E-state index contributed by atoms with van der Waals surface area (Å²) in [7, 11) is 0. The number of halogens is 2. The van der Waals surface area contributed by atoms with Gasteiger partial charge in [-0.15, -0.1) is 0 Å². The van der Waals surface area contributed by atoms with Gasteiger partial charge in [-0.3, -0.25) is 9.59 Å². The molecule has 0 unspecified atom stereocenters. The molecule has 1 amide bonds. The van der Waals surface area contributed by atoms with Crippen molar-refractivity contribution in [1.82, 2.24) is 5.32 Å². The van der Waals surface area contributed by atoms with E-state index in [1.165, 1.54) is 0 Å². The van der Waals surface area contributed by atoms with Crippen LogP contribution in [-0.4, -0.2) is 23.9 Å². The van der Waals surface area contributed by atoms with E-state index in [4.69, 9.17) is 32.7 Å². The maximum Gasteiger partial charge on any atom is 0.328 e. The van der Waals surface area contributed by atoms with Crippen LogP contribution >= 0.6 is 23.2 Å². The van der Waals surface area contributed by atoms with Crippen LogP contribution in [0.4, 0.5) is 11.4 Å². The minimum absolute atomic E-state index is 0.0160. The van der Waals surface area contributed by atoms with Gasteiger partial charge in [-0.2, -0.15) is 0 Å². The quantitative estimate of drug-likeness (QED) is 0.159. The molecule has 0 saturated heterocycles. The van der Waals surface area contributed by atoms with Gasteiger partial charge in [0.2, 0.25) is 5.91 Å². The number of anilines is 2. The predicted octanol–water partition coefficient (Wildman–Crippen LogP) is 7.03. The summed E-state index contributed by atoms with van der Waals surface area (Å²) in [4.78, 5) is 38.7. The summed E-state index contributed by atoms with van der Waals surface area (Å²) in [5, 5.41) is 6.81. The van der Waals surface area contributed by atoms with Gasteiger partial charge in [-0.05, 0) is 41.3 Å². The zero-order chi connectivity index (χ0) is 29.7. The van der Waals surface area contributed by atoms with E-state index < -0.39 is 23.9 Å². The van der Waals surface area contributed by atoms with Crippen LogP contribution in [0.5, 0.6) is 0 Å². The molecule has 9 heteroatoms. The Morgan fingerprint density at radius 3 is 1.90 bits per heavy atom. The number of amides is 1. The van der Waals surface area contributed by atoms with Crippen molar-refractivity contribution in [3.05, 3.63) is 130 Å². The third-order valence-corrected chi connectivity index (χ3v) is 6.94. The number of ether oxygens (including phenoxy) is 2. The Balaban J connectivity index is 1.41. The number of nitrogens with one attached hydrogen (secondary N) is 2. The number of carbonyl (C=O) groups excluding carboxylic acids is 3. The fourth-order valence-electron chi connectivity index (χ4n) is 4.12. The van der Waals surface area contributed by atoms with Gasteiger partial charge in [-0.1, -0.05) is 108 Å². The molecule has 216 valence electrons. The van der Waals surface area contributed by atoms with Gasteiger partial charge in [0.15, 0.2) is 0 Å². The summed E-state index contributed by atoms with van der Waals surface area (Å²) in [5.74, 6) is -1.55. The van der Waals surface area contributed by atoms with E-state index in [1.54, 1.807) is 36.4 Å². The van der Waals surface area contributed by atoms with Crippen LogP contribution in [0.25, 0.3) is 0 Å². The fraction of sp³-hybridized carbons (Fsp3) is 0.182. The Hall–Kier alpha value is -4.33. The normalized spacial score (nSPS) is 11.3. The molecule has 0 heterocycles. The number of para-hydroxylation sites is 2. The highest BCUT2D eigenvalue weighted by molar-refractivity contribution is 6.39. The third-order valence-electron chi connectivity index (χ3n) is 6.31. The molecule has 4 aromatic carbocycles. The van der Waals surface area contributed by atoms with E-state index in [2.05, 4.69) is 10.6 Å². The lowest BCUT2D eigenvalue weighted by atomic mass is 10.1. The maximum absolute atomic E-state index is 13.2. The first kappa shape index (κ1) is 30.6. The van der Waals surface area contributed by atoms with E-state index in [0.29, 0.717) is 27.0 Å². The summed E-state index contributed by atoms with van der Waals surface area (Å²) in [6, 6.07) is 29.8. The molecule has 1 atom stereocenters. The molecule has 42 heavy (non-hydrogen) atoms. The molecule has 0 fully saturated rings. The van der Waals surface area contributed by atoms with E-state index in [0.717, 1.165) is 11.1 Å². The molecule has 0 saturated carbocycles. The number of rotatable bonds is 13. The standard InChI is InChI=1S/C33H30Cl2N2O5/c34-26-15-9-16-27(35)32(26)37-28-17-8-7-14-25(28)20-30(38)36-29(33(40)42-22-24-12-5-2-6-13-24)18-19-31(39)41-21-23-10-3-1-4-11-23/h1-17,29,37H,18-22H2,(H,36,38)/t29-/m0/s1. The molecule has 0 aliphatic rings.